The highest BCUT2D eigenvalue weighted by Gasteiger charge is 2.34. The molecule has 1 fully saturated rings. The number of likely N-dealkylation sites (tertiary alicyclic amines) is 1. The fraction of sp³-hybridized carbons (Fsp3) is 0.364. The fourth-order valence-electron chi connectivity index (χ4n) is 3.55. The molecule has 0 aliphatic carbocycles. The lowest BCUT2D eigenvalue weighted by Gasteiger charge is -2.24. The minimum atomic E-state index is -0.493. The maximum Gasteiger partial charge on any atom is 0.264 e. The topological polar surface area (TPSA) is 57.4 Å². The summed E-state index contributed by atoms with van der Waals surface area (Å²) >= 11 is 0. The Labute approximate surface area is 159 Å². The van der Waals surface area contributed by atoms with Gasteiger partial charge in [0.2, 0.25) is 5.96 Å². The van der Waals surface area contributed by atoms with Crippen molar-refractivity contribution in [3.05, 3.63) is 53.1 Å². The number of carbonyl (C=O) groups excluding carboxylic acids is 1. The zero-order chi connectivity index (χ0) is 18.8. The molecule has 27 heavy (non-hydrogen) atoms. The van der Waals surface area contributed by atoms with E-state index in [1.165, 1.54) is 5.56 Å². The van der Waals surface area contributed by atoms with Gasteiger partial charge >= 0.3 is 0 Å². The third-order valence-electron chi connectivity index (χ3n) is 5.20. The zero-order valence-corrected chi connectivity index (χ0v) is 15.8. The van der Waals surface area contributed by atoms with E-state index in [4.69, 9.17) is 0 Å². The van der Waals surface area contributed by atoms with Crippen molar-refractivity contribution in [1.82, 2.24) is 4.90 Å². The van der Waals surface area contributed by atoms with Crippen molar-refractivity contribution in [2.24, 2.45) is 20.9 Å². The van der Waals surface area contributed by atoms with Crippen LogP contribution in [0.15, 0.2) is 57.0 Å². The summed E-state index contributed by atoms with van der Waals surface area (Å²) in [5, 5.41) is 0. The molecule has 3 aliphatic rings. The first-order valence-electron chi connectivity index (χ1n) is 9.60. The summed E-state index contributed by atoms with van der Waals surface area (Å²) in [7, 11) is 0. The summed E-state index contributed by atoms with van der Waals surface area (Å²) < 4.78 is 0. The van der Waals surface area contributed by atoms with Gasteiger partial charge in [0.15, 0.2) is 0 Å². The number of amides is 1. The number of dihydropyridines is 1. The van der Waals surface area contributed by atoms with Crippen LogP contribution in [0.4, 0.5) is 0 Å². The number of fused-ring (bicyclic) bond motifs is 1. The molecular formula is C22H24N4O. The second-order valence-electron chi connectivity index (χ2n) is 7.45. The number of allylic oxidation sites excluding steroid dienone is 2. The van der Waals surface area contributed by atoms with E-state index in [9.17, 15) is 4.79 Å². The average Bonchev–Trinajstić information content (AvgIpc) is 3.21. The number of aliphatic imine (C=N–C) groups is 3. The first-order valence-corrected chi connectivity index (χ1v) is 9.60. The van der Waals surface area contributed by atoms with Crippen molar-refractivity contribution in [2.75, 3.05) is 13.1 Å². The molecule has 0 bridgehead atoms. The highest BCUT2D eigenvalue weighted by molar-refractivity contribution is 6.20. The maximum absolute atomic E-state index is 12.7. The van der Waals surface area contributed by atoms with Crippen LogP contribution in [-0.2, 0) is 4.79 Å². The second kappa shape index (κ2) is 7.43. The molecule has 138 valence electrons. The number of guanidine groups is 1. The van der Waals surface area contributed by atoms with Crippen molar-refractivity contribution in [1.29, 1.82) is 0 Å². The van der Waals surface area contributed by atoms with Crippen LogP contribution in [0.5, 0.6) is 0 Å². The number of amidine groups is 1. The molecule has 3 aliphatic heterocycles. The Balaban J connectivity index is 1.53. The lowest BCUT2D eigenvalue weighted by Crippen LogP contribution is -2.36. The summed E-state index contributed by atoms with van der Waals surface area (Å²) in [6.07, 6.45) is 9.83. The SMILES string of the molecule is CC(C)c1ccc(/C=C/C2=CC=NC3=NC(N4CCCC4)=NC(=O)C23)cc1. The Hall–Kier alpha value is -2.82. The van der Waals surface area contributed by atoms with E-state index in [1.54, 1.807) is 6.21 Å². The van der Waals surface area contributed by atoms with Crippen molar-refractivity contribution in [3.8, 4) is 0 Å². The molecular weight excluding hydrogens is 336 g/mol. The zero-order valence-electron chi connectivity index (χ0n) is 15.8. The number of carbonyl (C=O) groups is 1. The van der Waals surface area contributed by atoms with Crippen LogP contribution in [-0.4, -0.2) is 41.9 Å². The molecule has 1 aromatic carbocycles. The highest BCUT2D eigenvalue weighted by atomic mass is 16.1. The highest BCUT2D eigenvalue weighted by Crippen LogP contribution is 2.26. The van der Waals surface area contributed by atoms with Crippen LogP contribution < -0.4 is 0 Å². The standard InChI is InChI=1S/C22H24N4O/c1-15(2)17-8-5-16(6-9-17)7-10-18-11-12-23-20-19(18)21(27)25-22(24-20)26-13-3-4-14-26/h5-12,15,19H,3-4,13-14H2,1-2H3/b10-7+. The van der Waals surface area contributed by atoms with E-state index in [1.807, 2.05) is 18.2 Å². The average molecular weight is 360 g/mol. The third-order valence-corrected chi connectivity index (χ3v) is 5.20. The molecule has 0 N–H and O–H groups in total. The summed E-state index contributed by atoms with van der Waals surface area (Å²) in [5.41, 5.74) is 3.30. The van der Waals surface area contributed by atoms with Gasteiger partial charge in [-0.05, 0) is 41.5 Å². The predicted molar refractivity (Wildman–Crippen MR) is 110 cm³/mol. The van der Waals surface area contributed by atoms with Crippen LogP contribution in [0.3, 0.4) is 0 Å². The number of hydrogen-bond donors (Lipinski definition) is 0. The van der Waals surface area contributed by atoms with Gasteiger partial charge in [-0.2, -0.15) is 9.98 Å². The lowest BCUT2D eigenvalue weighted by molar-refractivity contribution is -0.118. The van der Waals surface area contributed by atoms with Crippen LogP contribution in [0, 0.1) is 5.92 Å². The first-order chi connectivity index (χ1) is 13.1. The molecule has 1 unspecified atom stereocenters. The van der Waals surface area contributed by atoms with Crippen LogP contribution in [0.2, 0.25) is 0 Å². The van der Waals surface area contributed by atoms with Gasteiger partial charge in [-0.15, -0.1) is 0 Å². The molecule has 0 saturated carbocycles. The minimum absolute atomic E-state index is 0.176. The van der Waals surface area contributed by atoms with Gasteiger partial charge in [-0.25, -0.2) is 4.99 Å². The molecule has 0 spiro atoms. The number of nitrogens with zero attached hydrogens (tertiary/aromatic N) is 4. The van der Waals surface area contributed by atoms with Crippen molar-refractivity contribution >= 4 is 30.0 Å². The Kier molecular flexibility index (Phi) is 4.84. The Bertz CT molecular complexity index is 881. The molecule has 1 aromatic rings. The number of rotatable bonds is 3. The van der Waals surface area contributed by atoms with Crippen LogP contribution in [0.1, 0.15) is 43.7 Å². The van der Waals surface area contributed by atoms with E-state index < -0.39 is 5.92 Å². The maximum atomic E-state index is 12.7. The largest absolute Gasteiger partial charge is 0.341 e. The molecule has 1 atom stereocenters. The van der Waals surface area contributed by atoms with Gasteiger partial charge in [-0.1, -0.05) is 50.3 Å². The van der Waals surface area contributed by atoms with E-state index in [2.05, 4.69) is 58.0 Å². The van der Waals surface area contributed by atoms with Gasteiger partial charge in [0, 0.05) is 19.3 Å². The molecule has 4 rings (SSSR count). The third kappa shape index (κ3) is 3.68. The van der Waals surface area contributed by atoms with Crippen LogP contribution in [0.25, 0.3) is 6.08 Å². The van der Waals surface area contributed by atoms with E-state index in [-0.39, 0.29) is 5.91 Å². The molecule has 3 heterocycles. The van der Waals surface area contributed by atoms with Crippen molar-refractivity contribution < 1.29 is 4.79 Å². The quantitative estimate of drug-likeness (QED) is 0.822. The fourth-order valence-corrected chi connectivity index (χ4v) is 3.55. The van der Waals surface area contributed by atoms with Gasteiger partial charge < -0.3 is 4.90 Å². The first kappa shape index (κ1) is 17.6. The molecule has 5 heteroatoms. The summed E-state index contributed by atoms with van der Waals surface area (Å²) in [5.74, 6) is 0.920. The second-order valence-corrected chi connectivity index (χ2v) is 7.45. The van der Waals surface area contributed by atoms with E-state index in [0.29, 0.717) is 17.7 Å². The number of hydrogen-bond acceptors (Lipinski definition) is 4. The van der Waals surface area contributed by atoms with Gasteiger partial charge in [-0.3, -0.25) is 4.79 Å². The monoisotopic (exact) mass is 360 g/mol. The Morgan fingerprint density at radius 1 is 1.07 bits per heavy atom. The molecule has 0 radical (unpaired) electrons. The van der Waals surface area contributed by atoms with Gasteiger partial charge in [0.1, 0.15) is 11.8 Å². The van der Waals surface area contributed by atoms with Crippen molar-refractivity contribution in [3.63, 3.8) is 0 Å². The van der Waals surface area contributed by atoms with Crippen molar-refractivity contribution in [2.45, 2.75) is 32.6 Å². The lowest BCUT2D eigenvalue weighted by atomic mass is 9.93. The van der Waals surface area contributed by atoms with Gasteiger partial charge in [0.25, 0.3) is 5.91 Å². The Morgan fingerprint density at radius 2 is 1.81 bits per heavy atom. The van der Waals surface area contributed by atoms with Gasteiger partial charge in [0.05, 0.1) is 0 Å². The summed E-state index contributed by atoms with van der Waals surface area (Å²) in [4.78, 5) is 27.9. The van der Waals surface area contributed by atoms with E-state index in [0.717, 1.165) is 37.1 Å². The van der Waals surface area contributed by atoms with Crippen LogP contribution >= 0.6 is 0 Å². The smallest absolute Gasteiger partial charge is 0.264 e. The minimum Gasteiger partial charge on any atom is -0.341 e. The number of benzene rings is 1. The molecule has 1 saturated heterocycles. The predicted octanol–water partition coefficient (Wildman–Crippen LogP) is 3.84. The molecule has 1 amide bonds. The van der Waals surface area contributed by atoms with E-state index >= 15 is 0 Å². The Morgan fingerprint density at radius 3 is 2.52 bits per heavy atom. The summed E-state index contributed by atoms with van der Waals surface area (Å²) in [6, 6.07) is 8.49. The molecule has 5 nitrogen and oxygen atoms in total. The normalized spacial score (nSPS) is 22.2. The molecule has 0 aromatic heterocycles. The summed E-state index contributed by atoms with van der Waals surface area (Å²) in [6.45, 7) is 6.19.